The minimum Gasteiger partial charge on any atom is -0.241 e. The molecule has 0 fully saturated rings. The predicted molar refractivity (Wildman–Crippen MR) is 62.8 cm³/mol. The van der Waals surface area contributed by atoms with E-state index >= 15 is 0 Å². The van der Waals surface area contributed by atoms with Crippen LogP contribution in [0.1, 0.15) is 12.1 Å². The van der Waals surface area contributed by atoms with Crippen molar-refractivity contribution in [2.24, 2.45) is 0 Å². The van der Waals surface area contributed by atoms with Gasteiger partial charge in [-0.3, -0.25) is 0 Å². The van der Waals surface area contributed by atoms with Gasteiger partial charge in [0.15, 0.2) is 0 Å². The molecule has 2 aromatic heterocycles. The summed E-state index contributed by atoms with van der Waals surface area (Å²) >= 11 is 6.92. The summed E-state index contributed by atoms with van der Waals surface area (Å²) in [5, 5.41) is 5.23. The lowest BCUT2D eigenvalue weighted by Gasteiger charge is -1.98. The van der Waals surface area contributed by atoms with Gasteiger partial charge in [0.05, 0.1) is 11.7 Å². The Morgan fingerprint density at radius 1 is 1.43 bits per heavy atom. The van der Waals surface area contributed by atoms with Crippen LogP contribution in [0.5, 0.6) is 0 Å². The van der Waals surface area contributed by atoms with Gasteiger partial charge in [-0.15, -0.1) is 0 Å². The molecule has 0 aliphatic heterocycles. The van der Waals surface area contributed by atoms with E-state index in [1.54, 1.807) is 6.33 Å². The molecule has 0 atom stereocenters. The zero-order valence-electron chi connectivity index (χ0n) is 7.45. The number of nitrogens with zero attached hydrogens (tertiary/aromatic N) is 3. The third-order valence-corrected chi connectivity index (χ3v) is 3.23. The summed E-state index contributed by atoms with van der Waals surface area (Å²) in [5.41, 5.74) is 2.24. The van der Waals surface area contributed by atoms with Crippen LogP contribution in [-0.4, -0.2) is 19.9 Å². The van der Waals surface area contributed by atoms with E-state index in [0.29, 0.717) is 0 Å². The van der Waals surface area contributed by atoms with Crippen LogP contribution >= 0.6 is 31.9 Å². The summed E-state index contributed by atoms with van der Waals surface area (Å²) < 4.78 is 2.99. The Morgan fingerprint density at radius 3 is 3.07 bits per heavy atom. The molecule has 0 radical (unpaired) electrons. The van der Waals surface area contributed by atoms with Crippen LogP contribution in [0.3, 0.4) is 0 Å². The first-order chi connectivity index (χ1) is 6.83. The largest absolute Gasteiger partial charge is 0.241 e. The molecule has 14 heavy (non-hydrogen) atoms. The van der Waals surface area contributed by atoms with E-state index in [9.17, 15) is 0 Å². The van der Waals surface area contributed by atoms with Gasteiger partial charge in [0.2, 0.25) is 0 Å². The van der Waals surface area contributed by atoms with Crippen molar-refractivity contribution in [2.45, 2.75) is 12.8 Å². The number of fused-ring (bicyclic) bond motifs is 1. The summed E-state index contributed by atoms with van der Waals surface area (Å²) in [6.45, 7) is 0. The molecular formula is C9H9Br2N3. The number of rotatable bonds is 3. The van der Waals surface area contributed by atoms with Gasteiger partial charge in [-0.2, -0.15) is 5.10 Å². The molecule has 0 aromatic carbocycles. The Hall–Kier alpha value is -0.420. The predicted octanol–water partition coefficient (Wildman–Crippen LogP) is 2.82. The van der Waals surface area contributed by atoms with Crippen LogP contribution in [0.15, 0.2) is 23.1 Å². The average Bonchev–Trinajstić information content (AvgIpc) is 2.54. The fourth-order valence-corrected chi connectivity index (χ4v) is 2.22. The molecule has 0 saturated heterocycles. The fourth-order valence-electron chi connectivity index (χ4n) is 1.40. The molecule has 0 unspecified atom stereocenters. The molecule has 0 bridgehead atoms. The maximum atomic E-state index is 4.22. The molecule has 74 valence electrons. The molecule has 0 N–H and O–H groups in total. The minimum absolute atomic E-state index is 1.02. The summed E-state index contributed by atoms with van der Waals surface area (Å²) in [7, 11) is 0. The van der Waals surface area contributed by atoms with E-state index in [1.807, 2.05) is 10.7 Å². The van der Waals surface area contributed by atoms with E-state index in [4.69, 9.17) is 0 Å². The van der Waals surface area contributed by atoms with Crippen molar-refractivity contribution < 1.29 is 0 Å². The van der Waals surface area contributed by atoms with Crippen molar-refractivity contribution in [1.82, 2.24) is 14.6 Å². The summed E-state index contributed by atoms with van der Waals surface area (Å²) in [6, 6.07) is 2.10. The topological polar surface area (TPSA) is 30.2 Å². The molecule has 2 rings (SSSR count). The normalized spacial score (nSPS) is 11.0. The van der Waals surface area contributed by atoms with E-state index in [0.717, 1.165) is 28.2 Å². The summed E-state index contributed by atoms with van der Waals surface area (Å²) in [6.07, 6.45) is 5.52. The zero-order chi connectivity index (χ0) is 9.97. The molecule has 5 heteroatoms. The Labute approximate surface area is 98.8 Å². The Kier molecular flexibility index (Phi) is 3.18. The minimum atomic E-state index is 1.02. The Bertz CT molecular complexity index is 439. The van der Waals surface area contributed by atoms with Crippen LogP contribution in [0, 0.1) is 0 Å². The van der Waals surface area contributed by atoms with Crippen LogP contribution in [0.2, 0.25) is 0 Å². The van der Waals surface area contributed by atoms with Gasteiger partial charge in [-0.1, -0.05) is 15.9 Å². The van der Waals surface area contributed by atoms with Crippen LogP contribution < -0.4 is 0 Å². The molecule has 3 nitrogen and oxygen atoms in total. The fraction of sp³-hybridized carbons (Fsp3) is 0.333. The molecule has 0 spiro atoms. The number of aryl methyl sites for hydroxylation is 1. The lowest BCUT2D eigenvalue weighted by atomic mass is 10.3. The molecule has 0 amide bonds. The van der Waals surface area contributed by atoms with E-state index in [2.05, 4.69) is 48.0 Å². The first-order valence-corrected chi connectivity index (χ1v) is 6.26. The molecule has 0 aliphatic rings. The monoisotopic (exact) mass is 317 g/mol. The van der Waals surface area contributed by atoms with Crippen molar-refractivity contribution in [1.29, 1.82) is 0 Å². The van der Waals surface area contributed by atoms with Crippen molar-refractivity contribution in [3.8, 4) is 0 Å². The van der Waals surface area contributed by atoms with Gasteiger partial charge in [-0.25, -0.2) is 9.50 Å². The number of hydrogen-bond donors (Lipinski definition) is 0. The quantitative estimate of drug-likeness (QED) is 0.815. The van der Waals surface area contributed by atoms with E-state index in [1.165, 1.54) is 5.69 Å². The second-order valence-corrected chi connectivity index (χ2v) is 4.63. The number of hydrogen-bond acceptors (Lipinski definition) is 2. The SMILES string of the molecule is BrCCCc1cc(Br)c2cncnn12. The molecular weight excluding hydrogens is 310 g/mol. The maximum Gasteiger partial charge on any atom is 0.136 e. The molecule has 0 saturated carbocycles. The number of halogens is 2. The van der Waals surface area contributed by atoms with Crippen LogP contribution in [0.25, 0.3) is 5.52 Å². The van der Waals surface area contributed by atoms with Crippen LogP contribution in [0.4, 0.5) is 0 Å². The highest BCUT2D eigenvalue weighted by atomic mass is 79.9. The number of alkyl halides is 1. The molecule has 2 heterocycles. The van der Waals surface area contributed by atoms with Crippen molar-refractivity contribution in [2.75, 3.05) is 5.33 Å². The first-order valence-electron chi connectivity index (χ1n) is 4.35. The standard InChI is InChI=1S/C9H9Br2N3/c10-3-1-2-7-4-8(11)9-5-12-6-13-14(7)9/h4-6H,1-3H2. The third kappa shape index (κ3) is 1.83. The van der Waals surface area contributed by atoms with E-state index in [-0.39, 0.29) is 0 Å². The van der Waals surface area contributed by atoms with Crippen molar-refractivity contribution in [3.05, 3.63) is 28.8 Å². The highest BCUT2D eigenvalue weighted by Crippen LogP contribution is 2.21. The Balaban J connectivity index is 2.44. The third-order valence-electron chi connectivity index (χ3n) is 2.04. The van der Waals surface area contributed by atoms with Crippen molar-refractivity contribution in [3.63, 3.8) is 0 Å². The van der Waals surface area contributed by atoms with E-state index < -0.39 is 0 Å². The second-order valence-electron chi connectivity index (χ2n) is 2.98. The maximum absolute atomic E-state index is 4.22. The van der Waals surface area contributed by atoms with Gasteiger partial charge in [0.1, 0.15) is 6.33 Å². The molecule has 0 aliphatic carbocycles. The highest BCUT2D eigenvalue weighted by molar-refractivity contribution is 9.10. The zero-order valence-corrected chi connectivity index (χ0v) is 10.6. The van der Waals surface area contributed by atoms with Gasteiger partial charge >= 0.3 is 0 Å². The second kappa shape index (κ2) is 4.40. The van der Waals surface area contributed by atoms with Gasteiger partial charge in [0, 0.05) is 15.5 Å². The Morgan fingerprint density at radius 2 is 2.29 bits per heavy atom. The average molecular weight is 319 g/mol. The first kappa shape index (κ1) is 10.1. The lowest BCUT2D eigenvalue weighted by molar-refractivity contribution is 0.799. The highest BCUT2D eigenvalue weighted by Gasteiger charge is 2.06. The summed E-state index contributed by atoms with van der Waals surface area (Å²) in [4.78, 5) is 4.00. The summed E-state index contributed by atoms with van der Waals surface area (Å²) in [5.74, 6) is 0. The lowest BCUT2D eigenvalue weighted by Crippen LogP contribution is -1.97. The number of aromatic nitrogens is 3. The molecule has 2 aromatic rings. The van der Waals surface area contributed by atoms with Gasteiger partial charge < -0.3 is 0 Å². The smallest absolute Gasteiger partial charge is 0.136 e. The van der Waals surface area contributed by atoms with Gasteiger partial charge in [0.25, 0.3) is 0 Å². The van der Waals surface area contributed by atoms with Gasteiger partial charge in [-0.05, 0) is 34.8 Å². The van der Waals surface area contributed by atoms with Crippen LogP contribution in [-0.2, 0) is 6.42 Å². The van der Waals surface area contributed by atoms with Crippen molar-refractivity contribution >= 4 is 37.4 Å².